The molecule has 0 bridgehead atoms. The highest BCUT2D eigenvalue weighted by atomic mass is 16.5. The molecule has 0 spiro atoms. The van der Waals surface area contributed by atoms with Gasteiger partial charge in [0.15, 0.2) is 0 Å². The first-order valence-corrected chi connectivity index (χ1v) is 6.35. The first kappa shape index (κ1) is 14.8. The largest absolute Gasteiger partial charge is 0.465 e. The molecule has 1 rings (SSSR count). The number of urea groups is 1. The van der Waals surface area contributed by atoms with Crippen molar-refractivity contribution < 1.29 is 19.4 Å². The van der Waals surface area contributed by atoms with Crippen molar-refractivity contribution in [1.29, 1.82) is 0 Å². The van der Waals surface area contributed by atoms with Crippen molar-refractivity contribution in [3.63, 3.8) is 0 Å². The predicted molar refractivity (Wildman–Crippen MR) is 66.1 cm³/mol. The summed E-state index contributed by atoms with van der Waals surface area (Å²) in [6, 6.07) is -0.277. The van der Waals surface area contributed by atoms with Crippen LogP contribution >= 0.6 is 0 Å². The fraction of sp³-hybridized carbons (Fsp3) is 0.833. The predicted octanol–water partition coefficient (Wildman–Crippen LogP) is 0.496. The van der Waals surface area contributed by atoms with E-state index in [2.05, 4.69) is 5.32 Å². The lowest BCUT2D eigenvalue weighted by Crippen LogP contribution is -2.43. The zero-order chi connectivity index (χ0) is 13.6. The van der Waals surface area contributed by atoms with Crippen molar-refractivity contribution in [2.45, 2.75) is 38.7 Å². The lowest BCUT2D eigenvalue weighted by Gasteiger charge is -2.22. The van der Waals surface area contributed by atoms with Crippen LogP contribution in [0.5, 0.6) is 0 Å². The summed E-state index contributed by atoms with van der Waals surface area (Å²) >= 11 is 0. The van der Waals surface area contributed by atoms with E-state index in [1.165, 1.54) is 0 Å². The lowest BCUT2D eigenvalue weighted by atomic mass is 9.98. The van der Waals surface area contributed by atoms with Gasteiger partial charge in [-0.3, -0.25) is 4.79 Å². The number of hydrogen-bond donors (Lipinski definition) is 2. The van der Waals surface area contributed by atoms with Crippen molar-refractivity contribution in [1.82, 2.24) is 10.2 Å². The molecule has 0 aliphatic carbocycles. The number of amides is 2. The molecule has 2 amide bonds. The first-order chi connectivity index (χ1) is 8.44. The van der Waals surface area contributed by atoms with E-state index in [0.29, 0.717) is 32.5 Å². The molecule has 6 heteroatoms. The number of likely N-dealkylation sites (tertiary alicyclic amines) is 1. The standard InChI is InChI=1S/C12H22N2O4/c1-3-18-10(15)9-13-11(16)14-7-4-5-12(2,17)6-8-14/h17H,3-9H2,1-2H3,(H,13,16). The highest BCUT2D eigenvalue weighted by molar-refractivity contribution is 5.80. The monoisotopic (exact) mass is 258 g/mol. The summed E-state index contributed by atoms with van der Waals surface area (Å²) in [5, 5.41) is 12.4. The summed E-state index contributed by atoms with van der Waals surface area (Å²) in [6.07, 6.45) is 2.01. The second-order valence-electron chi connectivity index (χ2n) is 4.80. The van der Waals surface area contributed by atoms with Crippen LogP contribution in [0.1, 0.15) is 33.1 Å². The Labute approximate surface area is 107 Å². The molecular formula is C12H22N2O4. The third-order valence-corrected chi connectivity index (χ3v) is 3.04. The summed E-state index contributed by atoms with van der Waals surface area (Å²) < 4.78 is 4.73. The van der Waals surface area contributed by atoms with E-state index in [9.17, 15) is 14.7 Å². The molecule has 6 nitrogen and oxygen atoms in total. The van der Waals surface area contributed by atoms with Gasteiger partial charge in [-0.15, -0.1) is 0 Å². The summed E-state index contributed by atoms with van der Waals surface area (Å²) in [7, 11) is 0. The fourth-order valence-corrected chi connectivity index (χ4v) is 1.94. The van der Waals surface area contributed by atoms with Gasteiger partial charge in [0.2, 0.25) is 0 Å². The Hall–Kier alpha value is -1.30. The highest BCUT2D eigenvalue weighted by Gasteiger charge is 2.27. The van der Waals surface area contributed by atoms with Crippen LogP contribution in [-0.4, -0.2) is 53.8 Å². The van der Waals surface area contributed by atoms with E-state index in [-0.39, 0.29) is 12.6 Å². The second-order valence-corrected chi connectivity index (χ2v) is 4.80. The van der Waals surface area contributed by atoms with Crippen LogP contribution in [-0.2, 0) is 9.53 Å². The normalized spacial score (nSPS) is 24.3. The van der Waals surface area contributed by atoms with Crippen molar-refractivity contribution >= 4 is 12.0 Å². The van der Waals surface area contributed by atoms with Crippen LogP contribution in [0.15, 0.2) is 0 Å². The number of hydrogen-bond acceptors (Lipinski definition) is 4. The molecule has 18 heavy (non-hydrogen) atoms. The molecule has 1 aliphatic heterocycles. The average Bonchev–Trinajstić information content (AvgIpc) is 2.47. The van der Waals surface area contributed by atoms with Gasteiger partial charge in [0, 0.05) is 13.1 Å². The molecule has 104 valence electrons. The third kappa shape index (κ3) is 4.91. The maximum Gasteiger partial charge on any atom is 0.325 e. The fourth-order valence-electron chi connectivity index (χ4n) is 1.94. The molecule has 1 atom stereocenters. The zero-order valence-electron chi connectivity index (χ0n) is 11.1. The Bertz CT molecular complexity index is 304. The average molecular weight is 258 g/mol. The number of carbonyl (C=O) groups is 2. The van der Waals surface area contributed by atoms with Crippen LogP contribution in [0.3, 0.4) is 0 Å². The van der Waals surface area contributed by atoms with E-state index >= 15 is 0 Å². The van der Waals surface area contributed by atoms with E-state index in [1.807, 2.05) is 0 Å². The molecule has 0 saturated carbocycles. The summed E-state index contributed by atoms with van der Waals surface area (Å²) in [5.41, 5.74) is -0.698. The Morgan fingerprint density at radius 2 is 2.11 bits per heavy atom. The van der Waals surface area contributed by atoms with Crippen molar-refractivity contribution in [2.24, 2.45) is 0 Å². The number of esters is 1. The Morgan fingerprint density at radius 3 is 2.78 bits per heavy atom. The van der Waals surface area contributed by atoms with Crippen LogP contribution < -0.4 is 5.32 Å². The van der Waals surface area contributed by atoms with Gasteiger partial charge in [-0.2, -0.15) is 0 Å². The van der Waals surface area contributed by atoms with E-state index in [1.54, 1.807) is 18.7 Å². The summed E-state index contributed by atoms with van der Waals surface area (Å²) in [6.45, 7) is 4.80. The minimum atomic E-state index is -0.698. The SMILES string of the molecule is CCOC(=O)CNC(=O)N1CCCC(C)(O)CC1. The number of carbonyl (C=O) groups excluding carboxylic acids is 2. The minimum Gasteiger partial charge on any atom is -0.465 e. The first-order valence-electron chi connectivity index (χ1n) is 6.35. The summed E-state index contributed by atoms with van der Waals surface area (Å²) in [4.78, 5) is 24.5. The molecule has 1 unspecified atom stereocenters. The van der Waals surface area contributed by atoms with Gasteiger partial charge < -0.3 is 20.1 Å². The highest BCUT2D eigenvalue weighted by Crippen LogP contribution is 2.21. The van der Waals surface area contributed by atoms with Crippen LogP contribution in [0, 0.1) is 0 Å². The van der Waals surface area contributed by atoms with Gasteiger partial charge in [0.25, 0.3) is 0 Å². The van der Waals surface area contributed by atoms with Gasteiger partial charge in [-0.25, -0.2) is 4.79 Å². The van der Waals surface area contributed by atoms with Gasteiger partial charge in [0.05, 0.1) is 12.2 Å². The van der Waals surface area contributed by atoms with Crippen molar-refractivity contribution in [2.75, 3.05) is 26.2 Å². The molecule has 1 aliphatic rings. The molecule has 2 N–H and O–H groups in total. The number of aliphatic hydroxyl groups is 1. The van der Waals surface area contributed by atoms with Crippen molar-refractivity contribution in [3.05, 3.63) is 0 Å². The second kappa shape index (κ2) is 6.58. The quantitative estimate of drug-likeness (QED) is 0.722. The molecule has 0 aromatic rings. The van der Waals surface area contributed by atoms with Crippen LogP contribution in [0.25, 0.3) is 0 Å². The smallest absolute Gasteiger partial charge is 0.325 e. The van der Waals surface area contributed by atoms with Gasteiger partial charge in [-0.1, -0.05) is 0 Å². The Kier molecular flexibility index (Phi) is 5.40. The molecule has 1 fully saturated rings. The Morgan fingerprint density at radius 1 is 1.39 bits per heavy atom. The van der Waals surface area contributed by atoms with Crippen molar-refractivity contribution in [3.8, 4) is 0 Å². The molecule has 1 saturated heterocycles. The van der Waals surface area contributed by atoms with E-state index in [0.717, 1.165) is 6.42 Å². The van der Waals surface area contributed by atoms with Crippen LogP contribution in [0.4, 0.5) is 4.79 Å². The molecule has 1 heterocycles. The number of nitrogens with one attached hydrogen (secondary N) is 1. The molecule has 0 radical (unpaired) electrons. The molecule has 0 aromatic carbocycles. The number of nitrogens with zero attached hydrogens (tertiary/aromatic N) is 1. The Balaban J connectivity index is 2.35. The minimum absolute atomic E-state index is 0.112. The number of ether oxygens (including phenoxy) is 1. The van der Waals surface area contributed by atoms with Crippen LogP contribution in [0.2, 0.25) is 0 Å². The van der Waals surface area contributed by atoms with Gasteiger partial charge in [-0.05, 0) is 33.1 Å². The summed E-state index contributed by atoms with van der Waals surface area (Å²) in [5.74, 6) is -0.437. The number of rotatable bonds is 3. The maximum atomic E-state index is 11.8. The molecular weight excluding hydrogens is 236 g/mol. The molecule has 0 aromatic heterocycles. The maximum absolute atomic E-state index is 11.8. The van der Waals surface area contributed by atoms with Gasteiger partial charge >= 0.3 is 12.0 Å². The lowest BCUT2D eigenvalue weighted by molar-refractivity contribution is -0.141. The van der Waals surface area contributed by atoms with E-state index < -0.39 is 11.6 Å². The van der Waals surface area contributed by atoms with E-state index in [4.69, 9.17) is 4.74 Å². The topological polar surface area (TPSA) is 78.9 Å². The third-order valence-electron chi connectivity index (χ3n) is 3.04. The van der Waals surface area contributed by atoms with Gasteiger partial charge in [0.1, 0.15) is 6.54 Å². The zero-order valence-corrected chi connectivity index (χ0v) is 11.1.